The molecule has 0 saturated carbocycles. The first-order valence-corrected chi connectivity index (χ1v) is 4.26. The Labute approximate surface area is 75.7 Å². The third-order valence-corrected chi connectivity index (χ3v) is 2.49. The number of thiophene rings is 1. The summed E-state index contributed by atoms with van der Waals surface area (Å²) in [5.41, 5.74) is -0.405. The van der Waals surface area contributed by atoms with Crippen molar-refractivity contribution in [2.24, 2.45) is 0 Å². The molecule has 0 atom stereocenters. The third-order valence-electron chi connectivity index (χ3n) is 1.61. The molecular weight excluding hydrogens is 192 g/mol. The number of carboxylic acids is 1. The fraction of sp³-hybridized carbons (Fsp3) is 0. The van der Waals surface area contributed by atoms with E-state index in [9.17, 15) is 9.59 Å². The molecule has 5 nitrogen and oxygen atoms in total. The van der Waals surface area contributed by atoms with E-state index in [2.05, 4.69) is 9.97 Å². The zero-order valence-corrected chi connectivity index (χ0v) is 7.09. The Morgan fingerprint density at radius 1 is 1.62 bits per heavy atom. The molecule has 0 bridgehead atoms. The quantitative estimate of drug-likeness (QED) is 0.702. The highest BCUT2D eigenvalue weighted by atomic mass is 32.1. The van der Waals surface area contributed by atoms with Gasteiger partial charge in [0.1, 0.15) is 4.83 Å². The van der Waals surface area contributed by atoms with Crippen LogP contribution in [0.1, 0.15) is 10.4 Å². The van der Waals surface area contributed by atoms with Gasteiger partial charge >= 0.3 is 5.97 Å². The predicted octanol–water partition coefficient (Wildman–Crippen LogP) is 0.683. The molecule has 0 aliphatic rings. The topological polar surface area (TPSA) is 83.0 Å². The van der Waals surface area contributed by atoms with Crippen molar-refractivity contribution in [2.75, 3.05) is 0 Å². The normalized spacial score (nSPS) is 10.5. The Morgan fingerprint density at radius 2 is 2.38 bits per heavy atom. The van der Waals surface area contributed by atoms with Gasteiger partial charge in [-0.3, -0.25) is 4.79 Å². The summed E-state index contributed by atoms with van der Waals surface area (Å²) in [5.74, 6) is -1.11. The number of aromatic nitrogens is 2. The highest BCUT2D eigenvalue weighted by molar-refractivity contribution is 7.17. The average Bonchev–Trinajstić information content (AvgIpc) is 2.49. The van der Waals surface area contributed by atoms with Gasteiger partial charge in [-0.2, -0.15) is 0 Å². The lowest BCUT2D eigenvalue weighted by molar-refractivity contribution is 0.0699. The van der Waals surface area contributed by atoms with Crippen LogP contribution < -0.4 is 5.56 Å². The molecule has 0 radical (unpaired) electrons. The number of hydrogen-bond acceptors (Lipinski definition) is 4. The van der Waals surface area contributed by atoms with Crippen LogP contribution in [0.4, 0.5) is 0 Å². The first-order valence-electron chi connectivity index (χ1n) is 3.38. The number of aromatic amines is 1. The van der Waals surface area contributed by atoms with Crippen LogP contribution in [0.5, 0.6) is 0 Å². The number of carboxylic acid groups (broad SMARTS) is 1. The van der Waals surface area contributed by atoms with Crippen LogP contribution in [-0.2, 0) is 0 Å². The summed E-state index contributed by atoms with van der Waals surface area (Å²) in [6, 6.07) is 0. The van der Waals surface area contributed by atoms with Crippen molar-refractivity contribution in [3.8, 4) is 0 Å². The van der Waals surface area contributed by atoms with Crippen LogP contribution in [0.2, 0.25) is 0 Å². The number of nitrogens with one attached hydrogen (secondary N) is 1. The smallest absolute Gasteiger partial charge is 0.337 e. The number of nitrogens with zero attached hydrogens (tertiary/aromatic N) is 1. The molecular formula is C7H4N2O3S. The Bertz CT molecular complexity index is 528. The van der Waals surface area contributed by atoms with Crippen LogP contribution >= 0.6 is 11.3 Å². The summed E-state index contributed by atoms with van der Waals surface area (Å²) < 4.78 is 0. The maximum absolute atomic E-state index is 11.2. The van der Waals surface area contributed by atoms with Gasteiger partial charge in [-0.25, -0.2) is 9.78 Å². The highest BCUT2D eigenvalue weighted by Gasteiger charge is 2.13. The van der Waals surface area contributed by atoms with Crippen molar-refractivity contribution in [1.29, 1.82) is 0 Å². The molecule has 0 saturated heterocycles. The summed E-state index contributed by atoms with van der Waals surface area (Å²) in [7, 11) is 0. The van der Waals surface area contributed by atoms with Gasteiger partial charge in [-0.1, -0.05) is 0 Å². The maximum Gasteiger partial charge on any atom is 0.337 e. The molecule has 6 heteroatoms. The van der Waals surface area contributed by atoms with Crippen molar-refractivity contribution >= 4 is 27.5 Å². The van der Waals surface area contributed by atoms with Gasteiger partial charge in [0.15, 0.2) is 0 Å². The molecule has 0 unspecified atom stereocenters. The molecule has 13 heavy (non-hydrogen) atoms. The third kappa shape index (κ3) is 1.11. The number of carbonyl (C=O) groups is 1. The van der Waals surface area contributed by atoms with Gasteiger partial charge < -0.3 is 10.1 Å². The first kappa shape index (κ1) is 7.93. The fourth-order valence-corrected chi connectivity index (χ4v) is 1.92. The van der Waals surface area contributed by atoms with E-state index in [1.54, 1.807) is 0 Å². The van der Waals surface area contributed by atoms with Gasteiger partial charge in [0.2, 0.25) is 0 Å². The fourth-order valence-electron chi connectivity index (χ4n) is 1.04. The molecule has 2 heterocycles. The van der Waals surface area contributed by atoms with Crippen LogP contribution in [-0.4, -0.2) is 21.0 Å². The number of rotatable bonds is 1. The lowest BCUT2D eigenvalue weighted by atomic mass is 10.2. The summed E-state index contributed by atoms with van der Waals surface area (Å²) in [6.45, 7) is 0. The van der Waals surface area contributed by atoms with Crippen molar-refractivity contribution in [3.05, 3.63) is 27.6 Å². The number of aromatic carboxylic acids is 1. The minimum atomic E-state index is -1.11. The first-order chi connectivity index (χ1) is 6.20. The van der Waals surface area contributed by atoms with Crippen LogP contribution in [0.15, 0.2) is 16.5 Å². The standard InChI is InChI=1S/C7H4N2O3S/c10-5-4-3(7(11)12)1-13-6(4)9-2-8-5/h1-2H,(H,11,12)(H,8,9,10). The van der Waals surface area contributed by atoms with E-state index in [0.29, 0.717) is 4.83 Å². The molecule has 0 aliphatic carbocycles. The zero-order valence-electron chi connectivity index (χ0n) is 6.27. The van der Waals surface area contributed by atoms with Crippen LogP contribution in [0, 0.1) is 0 Å². The molecule has 66 valence electrons. The van der Waals surface area contributed by atoms with Crippen molar-refractivity contribution < 1.29 is 9.90 Å². The van der Waals surface area contributed by atoms with Gasteiger partial charge in [-0.15, -0.1) is 11.3 Å². The minimum Gasteiger partial charge on any atom is -0.478 e. The SMILES string of the molecule is O=C(O)c1csc2nc[nH]c(=O)c12. The summed E-state index contributed by atoms with van der Waals surface area (Å²) in [6.07, 6.45) is 1.26. The van der Waals surface area contributed by atoms with Crippen LogP contribution in [0.25, 0.3) is 10.2 Å². The zero-order chi connectivity index (χ0) is 9.42. The Hall–Kier alpha value is -1.69. The maximum atomic E-state index is 11.2. The van der Waals surface area contributed by atoms with E-state index >= 15 is 0 Å². The highest BCUT2D eigenvalue weighted by Crippen LogP contribution is 2.19. The van der Waals surface area contributed by atoms with Crippen molar-refractivity contribution in [1.82, 2.24) is 9.97 Å². The lowest BCUT2D eigenvalue weighted by Crippen LogP contribution is -2.08. The number of fused-ring (bicyclic) bond motifs is 1. The second kappa shape index (κ2) is 2.67. The van der Waals surface area contributed by atoms with E-state index in [1.165, 1.54) is 11.7 Å². The van der Waals surface area contributed by atoms with Gasteiger partial charge in [0.05, 0.1) is 17.3 Å². The molecule has 0 spiro atoms. The number of hydrogen-bond donors (Lipinski definition) is 2. The summed E-state index contributed by atoms with van der Waals surface area (Å²) in [5, 5.41) is 10.3. The molecule has 2 aromatic heterocycles. The predicted molar refractivity (Wildman–Crippen MR) is 47.2 cm³/mol. The van der Waals surface area contributed by atoms with Crippen molar-refractivity contribution in [3.63, 3.8) is 0 Å². The molecule has 2 rings (SSSR count). The second-order valence-electron chi connectivity index (χ2n) is 2.37. The van der Waals surface area contributed by atoms with Crippen molar-refractivity contribution in [2.45, 2.75) is 0 Å². The van der Waals surface area contributed by atoms with Gasteiger partial charge in [0, 0.05) is 5.38 Å². The largest absolute Gasteiger partial charge is 0.478 e. The average molecular weight is 196 g/mol. The van der Waals surface area contributed by atoms with E-state index in [0.717, 1.165) is 11.3 Å². The van der Waals surface area contributed by atoms with E-state index in [4.69, 9.17) is 5.11 Å². The Morgan fingerprint density at radius 3 is 3.08 bits per heavy atom. The molecule has 2 N–H and O–H groups in total. The molecule has 0 fully saturated rings. The minimum absolute atomic E-state index is 0.00866. The van der Waals surface area contributed by atoms with Crippen LogP contribution in [0.3, 0.4) is 0 Å². The molecule has 0 aliphatic heterocycles. The monoisotopic (exact) mass is 196 g/mol. The summed E-state index contributed by atoms with van der Waals surface area (Å²) in [4.78, 5) is 28.5. The second-order valence-corrected chi connectivity index (χ2v) is 3.22. The van der Waals surface area contributed by atoms with Gasteiger partial charge in [0.25, 0.3) is 5.56 Å². The Kier molecular flexibility index (Phi) is 1.63. The molecule has 0 amide bonds. The molecule has 0 aromatic carbocycles. The van der Waals surface area contributed by atoms with E-state index in [-0.39, 0.29) is 10.9 Å². The Balaban J connectivity index is 2.95. The molecule has 2 aromatic rings. The van der Waals surface area contributed by atoms with E-state index in [1.807, 2.05) is 0 Å². The van der Waals surface area contributed by atoms with Gasteiger partial charge in [-0.05, 0) is 0 Å². The van der Waals surface area contributed by atoms with E-state index < -0.39 is 11.5 Å². The summed E-state index contributed by atoms with van der Waals surface area (Å²) >= 11 is 1.14. The number of H-pyrrole nitrogens is 1. The lowest BCUT2D eigenvalue weighted by Gasteiger charge is -1.88.